The molecule has 3 heteroatoms. The van der Waals surface area contributed by atoms with E-state index in [2.05, 4.69) is 16.8 Å². The molecule has 15 heavy (non-hydrogen) atoms. The van der Waals surface area contributed by atoms with Crippen molar-refractivity contribution in [1.82, 2.24) is 4.98 Å². The first kappa shape index (κ1) is 10.3. The first-order valence-electron chi connectivity index (χ1n) is 5.65. The minimum absolute atomic E-state index is 0.750. The maximum atomic E-state index is 5.96. The summed E-state index contributed by atoms with van der Waals surface area (Å²) in [5.41, 5.74) is 7.80. The predicted molar refractivity (Wildman–Crippen MR) is 64.0 cm³/mol. The Labute approximate surface area is 91.3 Å². The number of nitrogens with two attached hydrogens (primary N) is 1. The minimum atomic E-state index is 0.750. The SMILES string of the molecule is Cc1ccc(N)c(N2CCCC(C)C2)n1. The molecule has 82 valence electrons. The van der Waals surface area contributed by atoms with E-state index in [1.807, 2.05) is 19.1 Å². The van der Waals surface area contributed by atoms with Crippen LogP contribution in [0.1, 0.15) is 25.5 Å². The summed E-state index contributed by atoms with van der Waals surface area (Å²) >= 11 is 0. The highest BCUT2D eigenvalue weighted by Gasteiger charge is 2.19. The number of piperidine rings is 1. The van der Waals surface area contributed by atoms with Crippen LogP contribution >= 0.6 is 0 Å². The fraction of sp³-hybridized carbons (Fsp3) is 0.583. The molecule has 0 aromatic carbocycles. The highest BCUT2D eigenvalue weighted by Crippen LogP contribution is 2.26. The van der Waals surface area contributed by atoms with Crippen LogP contribution in [0, 0.1) is 12.8 Å². The van der Waals surface area contributed by atoms with Gasteiger partial charge >= 0.3 is 0 Å². The van der Waals surface area contributed by atoms with Crippen molar-refractivity contribution in [3.63, 3.8) is 0 Å². The summed E-state index contributed by atoms with van der Waals surface area (Å²) in [5, 5.41) is 0. The third kappa shape index (κ3) is 2.22. The van der Waals surface area contributed by atoms with Crippen LogP contribution < -0.4 is 10.6 Å². The van der Waals surface area contributed by atoms with Crippen molar-refractivity contribution < 1.29 is 0 Å². The zero-order chi connectivity index (χ0) is 10.8. The van der Waals surface area contributed by atoms with E-state index in [1.165, 1.54) is 12.8 Å². The lowest BCUT2D eigenvalue weighted by atomic mass is 10.0. The number of hydrogen-bond acceptors (Lipinski definition) is 3. The van der Waals surface area contributed by atoms with Crippen molar-refractivity contribution in [2.75, 3.05) is 23.7 Å². The molecule has 3 nitrogen and oxygen atoms in total. The number of hydrogen-bond donors (Lipinski definition) is 1. The number of aromatic nitrogens is 1. The Bertz CT molecular complexity index is 349. The van der Waals surface area contributed by atoms with Gasteiger partial charge < -0.3 is 10.6 Å². The van der Waals surface area contributed by atoms with Gasteiger partial charge in [-0.1, -0.05) is 6.92 Å². The normalized spacial score (nSPS) is 21.7. The number of aryl methyl sites for hydroxylation is 1. The summed E-state index contributed by atoms with van der Waals surface area (Å²) in [6.07, 6.45) is 2.57. The monoisotopic (exact) mass is 205 g/mol. The van der Waals surface area contributed by atoms with Gasteiger partial charge in [0.1, 0.15) is 0 Å². The first-order chi connectivity index (χ1) is 7.16. The lowest BCUT2D eigenvalue weighted by Gasteiger charge is -2.32. The summed E-state index contributed by atoms with van der Waals surface area (Å²) in [6.45, 7) is 6.47. The smallest absolute Gasteiger partial charge is 0.152 e. The molecule has 1 aromatic rings. The van der Waals surface area contributed by atoms with E-state index in [-0.39, 0.29) is 0 Å². The van der Waals surface area contributed by atoms with Gasteiger partial charge in [-0.3, -0.25) is 0 Å². The molecule has 1 unspecified atom stereocenters. The van der Waals surface area contributed by atoms with Crippen LogP contribution in [-0.2, 0) is 0 Å². The van der Waals surface area contributed by atoms with Gasteiger partial charge in [-0.05, 0) is 37.8 Å². The Hall–Kier alpha value is -1.25. The van der Waals surface area contributed by atoms with E-state index >= 15 is 0 Å². The molecule has 1 fully saturated rings. The average molecular weight is 205 g/mol. The summed E-state index contributed by atoms with van der Waals surface area (Å²) in [5.74, 6) is 1.72. The van der Waals surface area contributed by atoms with Crippen LogP contribution in [0.2, 0.25) is 0 Å². The van der Waals surface area contributed by atoms with Gasteiger partial charge in [-0.2, -0.15) is 0 Å². The van der Waals surface area contributed by atoms with Crippen LogP contribution in [0.5, 0.6) is 0 Å². The van der Waals surface area contributed by atoms with Crippen LogP contribution in [0.25, 0.3) is 0 Å². The lowest BCUT2D eigenvalue weighted by Crippen LogP contribution is -2.35. The van der Waals surface area contributed by atoms with Crippen molar-refractivity contribution in [2.24, 2.45) is 5.92 Å². The van der Waals surface area contributed by atoms with E-state index < -0.39 is 0 Å². The van der Waals surface area contributed by atoms with Gasteiger partial charge in [-0.25, -0.2) is 4.98 Å². The molecule has 1 aliphatic heterocycles. The second-order valence-electron chi connectivity index (χ2n) is 4.56. The molecule has 0 amide bonds. The van der Waals surface area contributed by atoms with Crippen LogP contribution in [-0.4, -0.2) is 18.1 Å². The third-order valence-electron chi connectivity index (χ3n) is 3.00. The highest BCUT2D eigenvalue weighted by molar-refractivity contribution is 5.63. The van der Waals surface area contributed by atoms with Crippen molar-refractivity contribution >= 4 is 11.5 Å². The van der Waals surface area contributed by atoms with Crippen molar-refractivity contribution in [3.05, 3.63) is 17.8 Å². The fourth-order valence-corrected chi connectivity index (χ4v) is 2.19. The Morgan fingerprint density at radius 1 is 1.47 bits per heavy atom. The average Bonchev–Trinajstić information content (AvgIpc) is 2.22. The predicted octanol–water partition coefficient (Wildman–Crippen LogP) is 2.21. The molecule has 1 aliphatic rings. The van der Waals surface area contributed by atoms with Crippen LogP contribution in [0.4, 0.5) is 11.5 Å². The van der Waals surface area contributed by atoms with Crippen LogP contribution in [0.15, 0.2) is 12.1 Å². The molecule has 0 spiro atoms. The molecule has 0 bridgehead atoms. The second-order valence-corrected chi connectivity index (χ2v) is 4.56. The zero-order valence-electron chi connectivity index (χ0n) is 9.53. The summed E-state index contributed by atoms with van der Waals surface area (Å²) in [6, 6.07) is 3.92. The number of nitrogen functional groups attached to an aromatic ring is 1. The molecule has 1 atom stereocenters. The number of nitrogens with zero attached hydrogens (tertiary/aromatic N) is 2. The molecule has 0 radical (unpaired) electrons. The first-order valence-corrected chi connectivity index (χ1v) is 5.65. The summed E-state index contributed by atoms with van der Waals surface area (Å²) in [4.78, 5) is 6.85. The Morgan fingerprint density at radius 3 is 3.00 bits per heavy atom. The molecular weight excluding hydrogens is 186 g/mol. The van der Waals surface area contributed by atoms with Gasteiger partial charge in [0.2, 0.25) is 0 Å². The van der Waals surface area contributed by atoms with Gasteiger partial charge in [0.15, 0.2) is 5.82 Å². The third-order valence-corrected chi connectivity index (χ3v) is 3.00. The highest BCUT2D eigenvalue weighted by atomic mass is 15.2. The van der Waals surface area contributed by atoms with E-state index in [4.69, 9.17) is 5.73 Å². The molecule has 0 aliphatic carbocycles. The van der Waals surface area contributed by atoms with E-state index in [0.717, 1.165) is 36.2 Å². The van der Waals surface area contributed by atoms with Crippen LogP contribution in [0.3, 0.4) is 0 Å². The van der Waals surface area contributed by atoms with E-state index in [0.29, 0.717) is 0 Å². The zero-order valence-corrected chi connectivity index (χ0v) is 9.53. The Balaban J connectivity index is 2.24. The van der Waals surface area contributed by atoms with Gasteiger partial charge in [-0.15, -0.1) is 0 Å². The molecule has 2 N–H and O–H groups in total. The standard InChI is InChI=1S/C12H19N3/c1-9-4-3-7-15(8-9)12-11(13)6-5-10(2)14-12/h5-6,9H,3-4,7-8,13H2,1-2H3. The maximum Gasteiger partial charge on any atom is 0.152 e. The molecule has 1 aromatic heterocycles. The molecule has 1 saturated heterocycles. The topological polar surface area (TPSA) is 42.1 Å². The molecule has 2 rings (SSSR count). The summed E-state index contributed by atoms with van der Waals surface area (Å²) < 4.78 is 0. The summed E-state index contributed by atoms with van der Waals surface area (Å²) in [7, 11) is 0. The number of rotatable bonds is 1. The second kappa shape index (κ2) is 4.09. The van der Waals surface area contributed by atoms with Gasteiger partial charge in [0.05, 0.1) is 5.69 Å². The van der Waals surface area contributed by atoms with Crippen molar-refractivity contribution in [3.8, 4) is 0 Å². The Morgan fingerprint density at radius 2 is 2.27 bits per heavy atom. The molecule has 2 heterocycles. The minimum Gasteiger partial charge on any atom is -0.396 e. The fourth-order valence-electron chi connectivity index (χ4n) is 2.19. The molecular formula is C12H19N3. The van der Waals surface area contributed by atoms with Crippen molar-refractivity contribution in [2.45, 2.75) is 26.7 Å². The lowest BCUT2D eigenvalue weighted by molar-refractivity contribution is 0.445. The van der Waals surface area contributed by atoms with Crippen molar-refractivity contribution in [1.29, 1.82) is 0 Å². The van der Waals surface area contributed by atoms with Gasteiger partial charge in [0, 0.05) is 18.8 Å². The van der Waals surface area contributed by atoms with E-state index in [9.17, 15) is 0 Å². The molecule has 0 saturated carbocycles. The largest absolute Gasteiger partial charge is 0.396 e. The van der Waals surface area contributed by atoms with E-state index in [1.54, 1.807) is 0 Å². The maximum absolute atomic E-state index is 5.96. The Kier molecular flexibility index (Phi) is 2.80. The van der Waals surface area contributed by atoms with Gasteiger partial charge in [0.25, 0.3) is 0 Å². The number of anilines is 2. The number of pyridine rings is 1. The quantitative estimate of drug-likeness (QED) is 0.764.